The zero-order valence-corrected chi connectivity index (χ0v) is 17.0. The van der Waals surface area contributed by atoms with Gasteiger partial charge in [0, 0.05) is 19.1 Å². The van der Waals surface area contributed by atoms with E-state index in [9.17, 15) is 4.79 Å². The molecule has 2 rings (SSSR count). The Bertz CT molecular complexity index is 447. The van der Waals surface area contributed by atoms with Gasteiger partial charge in [-0.05, 0) is 64.8 Å². The van der Waals surface area contributed by atoms with E-state index in [0.29, 0.717) is 18.4 Å². The molecular weight excluding hydrogens is 328 g/mol. The third kappa shape index (κ3) is 7.67. The number of carbonyl (C=O) groups is 1. The van der Waals surface area contributed by atoms with Crippen molar-refractivity contribution in [1.29, 1.82) is 0 Å². The van der Waals surface area contributed by atoms with Crippen molar-refractivity contribution < 1.29 is 14.3 Å². The summed E-state index contributed by atoms with van der Waals surface area (Å²) in [6.07, 6.45) is 8.72. The van der Waals surface area contributed by atoms with Crippen molar-refractivity contribution in [2.24, 2.45) is 11.8 Å². The van der Waals surface area contributed by atoms with Gasteiger partial charge in [-0.1, -0.05) is 18.9 Å². The number of nitrogens with zero attached hydrogens (tertiary/aromatic N) is 1. The van der Waals surface area contributed by atoms with Crippen LogP contribution in [0.1, 0.15) is 59.3 Å². The van der Waals surface area contributed by atoms with E-state index >= 15 is 0 Å². The monoisotopic (exact) mass is 366 g/mol. The Kier molecular flexibility index (Phi) is 8.42. The Morgan fingerprint density at radius 3 is 2.73 bits per heavy atom. The zero-order valence-electron chi connectivity index (χ0n) is 17.0. The molecule has 26 heavy (non-hydrogen) atoms. The fourth-order valence-electron chi connectivity index (χ4n) is 4.18. The first-order valence-electron chi connectivity index (χ1n) is 10.3. The average molecular weight is 367 g/mol. The van der Waals surface area contributed by atoms with Crippen molar-refractivity contribution in [3.8, 4) is 0 Å². The van der Waals surface area contributed by atoms with Crippen molar-refractivity contribution in [3.63, 3.8) is 0 Å². The van der Waals surface area contributed by atoms with Crippen LogP contribution < -0.4 is 5.32 Å². The van der Waals surface area contributed by atoms with E-state index in [-0.39, 0.29) is 12.1 Å². The number of piperidine rings is 1. The standard InChI is InChI=1S/C21H38N2O3/c1-5-13-25-16-17-9-8-12-23(14-17)15-18-10-6-7-11-19(18)22-20(24)26-21(2,3)4/h5,17-19H,1,6-16H2,2-4H3,(H,22,24)/t17-,18?,19?/m0/s1. The van der Waals surface area contributed by atoms with Gasteiger partial charge in [-0.15, -0.1) is 6.58 Å². The minimum atomic E-state index is -0.445. The lowest BCUT2D eigenvalue weighted by molar-refractivity contribution is 0.0414. The Balaban J connectivity index is 1.82. The first kappa shape index (κ1) is 21.2. The lowest BCUT2D eigenvalue weighted by Gasteiger charge is -2.39. The van der Waals surface area contributed by atoms with E-state index in [2.05, 4.69) is 16.8 Å². The van der Waals surface area contributed by atoms with Gasteiger partial charge in [-0.25, -0.2) is 4.79 Å². The number of nitrogens with one attached hydrogen (secondary N) is 1. The van der Waals surface area contributed by atoms with Gasteiger partial charge >= 0.3 is 6.09 Å². The summed E-state index contributed by atoms with van der Waals surface area (Å²) in [7, 11) is 0. The van der Waals surface area contributed by atoms with E-state index in [1.54, 1.807) is 0 Å². The van der Waals surface area contributed by atoms with E-state index in [1.807, 2.05) is 26.8 Å². The molecule has 0 bridgehead atoms. The molecular formula is C21H38N2O3. The van der Waals surface area contributed by atoms with Crippen LogP contribution >= 0.6 is 0 Å². The molecule has 2 aliphatic rings. The fourth-order valence-corrected chi connectivity index (χ4v) is 4.18. The smallest absolute Gasteiger partial charge is 0.407 e. The molecule has 1 heterocycles. The molecule has 0 aromatic rings. The molecule has 3 atom stereocenters. The highest BCUT2D eigenvalue weighted by atomic mass is 16.6. The number of hydrogen-bond acceptors (Lipinski definition) is 4. The van der Waals surface area contributed by atoms with Crippen LogP contribution in [0.3, 0.4) is 0 Å². The van der Waals surface area contributed by atoms with Gasteiger partial charge in [0.25, 0.3) is 0 Å². The van der Waals surface area contributed by atoms with Crippen molar-refractivity contribution >= 4 is 6.09 Å². The molecule has 2 fully saturated rings. The number of likely N-dealkylation sites (tertiary alicyclic amines) is 1. The SMILES string of the molecule is C=CCOC[C@H]1CCCN(CC2CCCCC2NC(=O)OC(C)(C)C)C1. The summed E-state index contributed by atoms with van der Waals surface area (Å²) in [5, 5.41) is 3.14. The average Bonchev–Trinajstić information content (AvgIpc) is 2.56. The van der Waals surface area contributed by atoms with Crippen LogP contribution in [0.2, 0.25) is 0 Å². The first-order chi connectivity index (χ1) is 12.4. The maximum atomic E-state index is 12.2. The molecule has 0 aromatic carbocycles. The van der Waals surface area contributed by atoms with Gasteiger partial charge in [0.1, 0.15) is 5.60 Å². The second-order valence-corrected chi connectivity index (χ2v) is 8.89. The summed E-state index contributed by atoms with van der Waals surface area (Å²) in [6.45, 7) is 14.2. The molecule has 0 spiro atoms. The molecule has 1 aliphatic carbocycles. The number of ether oxygens (including phenoxy) is 2. The van der Waals surface area contributed by atoms with Crippen LogP contribution in [0.15, 0.2) is 12.7 Å². The fraction of sp³-hybridized carbons (Fsp3) is 0.857. The van der Waals surface area contributed by atoms with Crippen molar-refractivity contribution in [2.45, 2.75) is 70.9 Å². The predicted molar refractivity (Wildman–Crippen MR) is 105 cm³/mol. The molecule has 0 radical (unpaired) electrons. The predicted octanol–water partition coefficient (Wildman–Crippen LogP) is 3.98. The third-order valence-electron chi connectivity index (χ3n) is 5.30. The summed E-state index contributed by atoms with van der Waals surface area (Å²) in [5.41, 5.74) is -0.445. The molecule has 0 aromatic heterocycles. The number of hydrogen-bond donors (Lipinski definition) is 1. The van der Waals surface area contributed by atoms with Gasteiger partial charge < -0.3 is 19.7 Å². The van der Waals surface area contributed by atoms with Gasteiger partial charge in [-0.2, -0.15) is 0 Å². The molecule has 5 heteroatoms. The number of carbonyl (C=O) groups excluding carboxylic acids is 1. The Morgan fingerprint density at radius 1 is 1.23 bits per heavy atom. The quantitative estimate of drug-likeness (QED) is 0.547. The number of amides is 1. The van der Waals surface area contributed by atoms with Crippen molar-refractivity contribution in [3.05, 3.63) is 12.7 Å². The maximum absolute atomic E-state index is 12.2. The normalized spacial score (nSPS) is 27.7. The summed E-state index contributed by atoms with van der Waals surface area (Å²) in [5.74, 6) is 1.13. The minimum absolute atomic E-state index is 0.232. The lowest BCUT2D eigenvalue weighted by Crippen LogP contribution is -2.49. The third-order valence-corrected chi connectivity index (χ3v) is 5.30. The topological polar surface area (TPSA) is 50.8 Å². The van der Waals surface area contributed by atoms with Gasteiger partial charge in [0.15, 0.2) is 0 Å². The molecule has 2 unspecified atom stereocenters. The molecule has 1 saturated carbocycles. The van der Waals surface area contributed by atoms with Crippen molar-refractivity contribution in [1.82, 2.24) is 10.2 Å². The molecule has 1 aliphatic heterocycles. The zero-order chi connectivity index (χ0) is 19.0. The van der Waals surface area contributed by atoms with E-state index < -0.39 is 5.60 Å². The van der Waals surface area contributed by atoms with E-state index in [0.717, 1.165) is 32.7 Å². The Hall–Kier alpha value is -1.07. The minimum Gasteiger partial charge on any atom is -0.444 e. The highest BCUT2D eigenvalue weighted by molar-refractivity contribution is 5.68. The van der Waals surface area contributed by atoms with Crippen LogP contribution in [0.5, 0.6) is 0 Å². The summed E-state index contributed by atoms with van der Waals surface area (Å²) in [4.78, 5) is 14.8. The van der Waals surface area contributed by atoms with Crippen molar-refractivity contribution in [2.75, 3.05) is 32.8 Å². The largest absolute Gasteiger partial charge is 0.444 e. The van der Waals surface area contributed by atoms with E-state index in [4.69, 9.17) is 9.47 Å². The lowest BCUT2D eigenvalue weighted by atomic mass is 9.83. The molecule has 1 amide bonds. The Morgan fingerprint density at radius 2 is 2.00 bits per heavy atom. The second kappa shape index (κ2) is 10.3. The highest BCUT2D eigenvalue weighted by Gasteiger charge is 2.31. The maximum Gasteiger partial charge on any atom is 0.407 e. The molecule has 1 N–H and O–H groups in total. The second-order valence-electron chi connectivity index (χ2n) is 8.89. The van der Waals surface area contributed by atoms with Crippen LogP contribution in [0.4, 0.5) is 4.79 Å². The summed E-state index contributed by atoms with van der Waals surface area (Å²) in [6, 6.07) is 0.232. The first-order valence-corrected chi connectivity index (χ1v) is 10.3. The molecule has 1 saturated heterocycles. The highest BCUT2D eigenvalue weighted by Crippen LogP contribution is 2.27. The van der Waals surface area contributed by atoms with Gasteiger partial charge in [-0.3, -0.25) is 0 Å². The van der Waals surface area contributed by atoms with Crippen LogP contribution in [-0.4, -0.2) is 55.5 Å². The van der Waals surface area contributed by atoms with Crippen LogP contribution in [0, 0.1) is 11.8 Å². The molecule has 150 valence electrons. The summed E-state index contributed by atoms with van der Waals surface area (Å²) >= 11 is 0. The molecule has 5 nitrogen and oxygen atoms in total. The number of rotatable bonds is 7. The number of alkyl carbamates (subject to hydrolysis) is 1. The van der Waals surface area contributed by atoms with Crippen LogP contribution in [-0.2, 0) is 9.47 Å². The van der Waals surface area contributed by atoms with Gasteiger partial charge in [0.05, 0.1) is 13.2 Å². The summed E-state index contributed by atoms with van der Waals surface area (Å²) < 4.78 is 11.1. The Labute approximate surface area is 159 Å². The van der Waals surface area contributed by atoms with Crippen LogP contribution in [0.25, 0.3) is 0 Å². The van der Waals surface area contributed by atoms with E-state index in [1.165, 1.54) is 32.1 Å². The van der Waals surface area contributed by atoms with Gasteiger partial charge in [0.2, 0.25) is 0 Å².